The van der Waals surface area contributed by atoms with Crippen molar-refractivity contribution in [3.8, 4) is 5.75 Å². The Bertz CT molecular complexity index is 772. The Morgan fingerprint density at radius 1 is 1.17 bits per heavy atom. The van der Waals surface area contributed by atoms with E-state index in [0.29, 0.717) is 0 Å². The fourth-order valence-corrected chi connectivity index (χ4v) is 2.22. The molecule has 0 heterocycles. The predicted molar refractivity (Wildman–Crippen MR) is 88.5 cm³/mol. The first-order chi connectivity index (χ1) is 10.9. The molecule has 1 N–H and O–H groups in total. The molecule has 0 aromatic heterocycles. The summed E-state index contributed by atoms with van der Waals surface area (Å²) < 4.78 is 5.60. The summed E-state index contributed by atoms with van der Waals surface area (Å²) in [6.45, 7) is -0.526. The van der Waals surface area contributed by atoms with E-state index in [9.17, 15) is 24.8 Å². The van der Waals surface area contributed by atoms with E-state index in [1.54, 1.807) is 6.07 Å². The highest BCUT2D eigenvalue weighted by Crippen LogP contribution is 2.20. The summed E-state index contributed by atoms with van der Waals surface area (Å²) in [7, 11) is 0. The van der Waals surface area contributed by atoms with Gasteiger partial charge in [-0.15, -0.1) is 0 Å². The van der Waals surface area contributed by atoms with Crippen molar-refractivity contribution in [2.45, 2.75) is 0 Å². The second kappa shape index (κ2) is 7.18. The molecular weight excluding hydrogens is 417 g/mol. The van der Waals surface area contributed by atoms with E-state index in [1.165, 1.54) is 36.4 Å². The summed E-state index contributed by atoms with van der Waals surface area (Å²) in [5.41, 5.74) is 0.0194. The van der Waals surface area contributed by atoms with Gasteiger partial charge in [0.15, 0.2) is 12.4 Å². The van der Waals surface area contributed by atoms with Gasteiger partial charge in [0.1, 0.15) is 11.3 Å². The number of carbonyl (C=O) groups is 2. The molecule has 0 aliphatic heterocycles. The molecule has 0 fully saturated rings. The van der Waals surface area contributed by atoms with Crippen LogP contribution in [0.3, 0.4) is 0 Å². The molecule has 0 atom stereocenters. The van der Waals surface area contributed by atoms with Crippen LogP contribution >= 0.6 is 22.6 Å². The second-order valence-electron chi connectivity index (χ2n) is 4.46. The highest BCUT2D eigenvalue weighted by Gasteiger charge is 2.16. The summed E-state index contributed by atoms with van der Waals surface area (Å²) in [5.74, 6) is -1.56. The third-order valence-electron chi connectivity index (χ3n) is 2.91. The van der Waals surface area contributed by atoms with Gasteiger partial charge in [-0.05, 0) is 52.9 Å². The Morgan fingerprint density at radius 2 is 1.83 bits per heavy atom. The van der Waals surface area contributed by atoms with Gasteiger partial charge >= 0.3 is 5.97 Å². The number of esters is 1. The first kappa shape index (κ1) is 16.9. The topological polar surface area (TPSA) is 107 Å². The van der Waals surface area contributed by atoms with Crippen molar-refractivity contribution in [3.05, 3.63) is 67.3 Å². The van der Waals surface area contributed by atoms with E-state index in [1.807, 2.05) is 22.6 Å². The van der Waals surface area contributed by atoms with E-state index in [-0.39, 0.29) is 22.6 Å². The maximum atomic E-state index is 11.9. The van der Waals surface area contributed by atoms with Crippen molar-refractivity contribution < 1.29 is 24.4 Å². The van der Waals surface area contributed by atoms with Gasteiger partial charge < -0.3 is 9.84 Å². The summed E-state index contributed by atoms with van der Waals surface area (Å²) in [4.78, 5) is 33.7. The Morgan fingerprint density at radius 3 is 2.43 bits per heavy atom. The van der Waals surface area contributed by atoms with Crippen LogP contribution in [0, 0.1) is 13.7 Å². The number of non-ortho nitro benzene ring substituents is 1. The van der Waals surface area contributed by atoms with Crippen LogP contribution in [0.1, 0.15) is 20.7 Å². The molecule has 118 valence electrons. The lowest BCUT2D eigenvalue weighted by atomic mass is 10.1. The summed E-state index contributed by atoms with van der Waals surface area (Å²) in [6, 6.07) is 9.38. The zero-order chi connectivity index (χ0) is 17.0. The van der Waals surface area contributed by atoms with Crippen molar-refractivity contribution in [2.24, 2.45) is 0 Å². The number of nitro groups is 1. The van der Waals surface area contributed by atoms with Gasteiger partial charge in [-0.3, -0.25) is 14.9 Å². The monoisotopic (exact) mass is 427 g/mol. The Kier molecular flexibility index (Phi) is 5.27. The average Bonchev–Trinajstić information content (AvgIpc) is 2.54. The highest BCUT2D eigenvalue weighted by atomic mass is 127. The molecule has 0 amide bonds. The van der Waals surface area contributed by atoms with Crippen LogP contribution in [0.4, 0.5) is 5.69 Å². The molecule has 0 saturated heterocycles. The van der Waals surface area contributed by atoms with Crippen molar-refractivity contribution in [1.82, 2.24) is 0 Å². The van der Waals surface area contributed by atoms with Gasteiger partial charge in [0.2, 0.25) is 0 Å². The molecule has 0 aliphatic rings. The van der Waals surface area contributed by atoms with Crippen LogP contribution in [-0.4, -0.2) is 28.4 Å². The molecule has 0 saturated carbocycles. The average molecular weight is 427 g/mol. The lowest BCUT2D eigenvalue weighted by molar-refractivity contribution is -0.384. The Balaban J connectivity index is 2.02. The lowest BCUT2D eigenvalue weighted by Crippen LogP contribution is -2.14. The second-order valence-corrected chi connectivity index (χ2v) is 5.71. The maximum Gasteiger partial charge on any atom is 0.342 e. The number of nitrogens with zero attached hydrogens (tertiary/aromatic N) is 1. The van der Waals surface area contributed by atoms with Gasteiger partial charge in [-0.25, -0.2) is 4.79 Å². The van der Waals surface area contributed by atoms with Crippen molar-refractivity contribution in [3.63, 3.8) is 0 Å². The summed E-state index contributed by atoms with van der Waals surface area (Å²) in [6.07, 6.45) is 0. The SMILES string of the molecule is O=C(COC(=O)c1cc(I)ccc1O)c1ccc([N+](=O)[O-])cc1. The molecule has 0 radical (unpaired) electrons. The number of Topliss-reactive ketones (excluding diaryl/α,β-unsaturated/α-hetero) is 1. The molecule has 2 aromatic rings. The number of nitro benzene ring substituents is 1. The number of rotatable bonds is 5. The number of aromatic hydroxyl groups is 1. The number of ketones is 1. The largest absolute Gasteiger partial charge is 0.507 e. The molecule has 0 bridgehead atoms. The van der Waals surface area contributed by atoms with Crippen LogP contribution in [0.2, 0.25) is 0 Å². The number of phenolic OH excluding ortho intramolecular Hbond substituents is 1. The third kappa shape index (κ3) is 4.25. The van der Waals surface area contributed by atoms with Crippen LogP contribution in [0.15, 0.2) is 42.5 Å². The number of halogens is 1. The Labute approximate surface area is 144 Å². The first-order valence-electron chi connectivity index (χ1n) is 6.32. The Hall–Kier alpha value is -2.49. The predicted octanol–water partition coefficient (Wildman–Crippen LogP) is 2.94. The number of benzene rings is 2. The minimum atomic E-state index is -0.823. The molecule has 0 spiro atoms. The van der Waals surface area contributed by atoms with Gasteiger partial charge in [0.25, 0.3) is 5.69 Å². The molecular formula is C15H10INO6. The minimum Gasteiger partial charge on any atom is -0.507 e. The normalized spacial score (nSPS) is 10.1. The first-order valence-corrected chi connectivity index (χ1v) is 7.39. The number of phenols is 1. The van der Waals surface area contributed by atoms with Crippen LogP contribution in [-0.2, 0) is 4.74 Å². The molecule has 0 aliphatic carbocycles. The molecule has 23 heavy (non-hydrogen) atoms. The molecule has 8 heteroatoms. The van der Waals surface area contributed by atoms with Crippen molar-refractivity contribution in [1.29, 1.82) is 0 Å². The quantitative estimate of drug-likeness (QED) is 0.259. The van der Waals surface area contributed by atoms with E-state index in [0.717, 1.165) is 3.57 Å². The lowest BCUT2D eigenvalue weighted by Gasteiger charge is -2.06. The third-order valence-corrected chi connectivity index (χ3v) is 3.58. The van der Waals surface area contributed by atoms with Gasteiger partial charge in [0.05, 0.1) is 4.92 Å². The zero-order valence-electron chi connectivity index (χ0n) is 11.6. The molecule has 7 nitrogen and oxygen atoms in total. The van der Waals surface area contributed by atoms with Crippen LogP contribution < -0.4 is 0 Å². The van der Waals surface area contributed by atoms with Gasteiger partial charge in [-0.2, -0.15) is 0 Å². The van der Waals surface area contributed by atoms with Gasteiger partial charge in [0, 0.05) is 21.3 Å². The van der Waals surface area contributed by atoms with Crippen LogP contribution in [0.5, 0.6) is 5.75 Å². The van der Waals surface area contributed by atoms with E-state index >= 15 is 0 Å². The molecule has 2 rings (SSSR count). The summed E-state index contributed by atoms with van der Waals surface area (Å²) >= 11 is 1.97. The van der Waals surface area contributed by atoms with Crippen molar-refractivity contribution in [2.75, 3.05) is 6.61 Å². The number of ether oxygens (including phenoxy) is 1. The number of carbonyl (C=O) groups excluding carboxylic acids is 2. The van der Waals surface area contributed by atoms with Crippen LogP contribution in [0.25, 0.3) is 0 Å². The maximum absolute atomic E-state index is 11.9. The smallest absolute Gasteiger partial charge is 0.342 e. The minimum absolute atomic E-state index is 0.0339. The molecule has 2 aromatic carbocycles. The van der Waals surface area contributed by atoms with E-state index in [2.05, 4.69) is 0 Å². The van der Waals surface area contributed by atoms with Gasteiger partial charge in [-0.1, -0.05) is 0 Å². The fraction of sp³-hybridized carbons (Fsp3) is 0.0667. The number of hydrogen-bond donors (Lipinski definition) is 1. The highest BCUT2D eigenvalue weighted by molar-refractivity contribution is 14.1. The van der Waals surface area contributed by atoms with Crippen molar-refractivity contribution >= 4 is 40.0 Å². The van der Waals surface area contributed by atoms with E-state index in [4.69, 9.17) is 4.74 Å². The molecule has 0 unspecified atom stereocenters. The summed E-state index contributed by atoms with van der Waals surface area (Å²) in [5, 5.41) is 20.2. The standard InChI is InChI=1S/C15H10INO6/c16-10-3-6-13(18)12(7-10)15(20)23-8-14(19)9-1-4-11(5-2-9)17(21)22/h1-7,18H,8H2. The fourth-order valence-electron chi connectivity index (χ4n) is 1.73. The number of hydrogen-bond acceptors (Lipinski definition) is 6. The van der Waals surface area contributed by atoms with E-state index < -0.39 is 23.3 Å². The zero-order valence-corrected chi connectivity index (χ0v) is 13.7.